The van der Waals surface area contributed by atoms with E-state index in [-0.39, 0.29) is 9.88 Å². The van der Waals surface area contributed by atoms with Gasteiger partial charge in [-0.05, 0) is 52.9 Å². The van der Waals surface area contributed by atoms with Gasteiger partial charge in [-0.15, -0.1) is 0 Å². The molecule has 110 valence electrons. The first-order valence-electron chi connectivity index (χ1n) is 5.53. The maximum Gasteiger partial charge on any atom is 0.263 e. The van der Waals surface area contributed by atoms with E-state index in [0.29, 0.717) is 16.4 Å². The average Bonchev–Trinajstić information content (AvgIpc) is 2.42. The first-order valence-corrected chi connectivity index (χ1v) is 8.88. The van der Waals surface area contributed by atoms with Crippen LogP contribution in [-0.4, -0.2) is 18.4 Å². The Balaban J connectivity index is 2.31. The Hall–Kier alpha value is -0.970. The molecule has 1 aromatic carbocycles. The van der Waals surface area contributed by atoms with Gasteiger partial charge in [0.2, 0.25) is 0 Å². The molecule has 2 aromatic rings. The molecule has 1 aromatic heterocycles. The van der Waals surface area contributed by atoms with Crippen molar-refractivity contribution in [1.29, 1.82) is 0 Å². The van der Waals surface area contributed by atoms with Gasteiger partial charge in [-0.3, -0.25) is 9.71 Å². The van der Waals surface area contributed by atoms with Crippen LogP contribution in [0.5, 0.6) is 0 Å². The summed E-state index contributed by atoms with van der Waals surface area (Å²) in [5.41, 5.74) is 6.08. The number of nitrogens with zero attached hydrogens (tertiary/aromatic N) is 1. The Labute approximate surface area is 146 Å². The van der Waals surface area contributed by atoms with Crippen molar-refractivity contribution < 1.29 is 8.42 Å². The Morgan fingerprint density at radius 2 is 2.05 bits per heavy atom. The minimum absolute atomic E-state index is 0.00267. The molecule has 0 aliphatic carbocycles. The fourth-order valence-corrected chi connectivity index (χ4v) is 3.56. The lowest BCUT2D eigenvalue weighted by atomic mass is 10.3. The van der Waals surface area contributed by atoms with Gasteiger partial charge in [-0.1, -0.05) is 23.8 Å². The Kier molecular flexibility index (Phi) is 5.02. The van der Waals surface area contributed by atoms with Crippen LogP contribution >= 0.6 is 46.4 Å². The van der Waals surface area contributed by atoms with Gasteiger partial charge in [0.15, 0.2) is 0 Å². The highest BCUT2D eigenvalue weighted by atomic mass is 127. The number of aromatic nitrogens is 1. The summed E-state index contributed by atoms with van der Waals surface area (Å²) in [5, 5.41) is 0.318. The van der Waals surface area contributed by atoms with E-state index in [9.17, 15) is 8.42 Å². The number of benzene rings is 1. The molecule has 0 saturated heterocycles. The standard InChI is InChI=1S/C12H9ClIN3O2S2/c13-9-5-7(14)1-3-10(9)17-21(18,19)8-2-4-11(12(15)20)16-6-8/h1-6,17H,(H2,15,20). The molecule has 9 heteroatoms. The van der Waals surface area contributed by atoms with Gasteiger partial charge >= 0.3 is 0 Å². The van der Waals surface area contributed by atoms with Crippen molar-refractivity contribution in [2.45, 2.75) is 4.90 Å². The van der Waals surface area contributed by atoms with Crippen molar-refractivity contribution in [2.75, 3.05) is 4.72 Å². The van der Waals surface area contributed by atoms with Gasteiger partial charge in [0, 0.05) is 9.77 Å². The zero-order chi connectivity index (χ0) is 15.6. The van der Waals surface area contributed by atoms with Crippen LogP contribution in [0.4, 0.5) is 5.69 Å². The molecule has 0 aliphatic heterocycles. The second kappa shape index (κ2) is 6.42. The minimum atomic E-state index is -3.77. The number of rotatable bonds is 4. The molecular formula is C12H9ClIN3O2S2. The molecule has 1 heterocycles. The lowest BCUT2D eigenvalue weighted by molar-refractivity contribution is 0.601. The normalized spacial score (nSPS) is 11.1. The average molecular weight is 454 g/mol. The number of sulfonamides is 1. The van der Waals surface area contributed by atoms with E-state index in [1.54, 1.807) is 18.2 Å². The molecule has 3 N–H and O–H groups in total. The molecule has 0 unspecified atom stereocenters. The third kappa shape index (κ3) is 4.02. The van der Waals surface area contributed by atoms with E-state index in [1.807, 2.05) is 0 Å². The fraction of sp³-hybridized carbons (Fsp3) is 0. The topological polar surface area (TPSA) is 85.1 Å². The maximum atomic E-state index is 12.2. The van der Waals surface area contributed by atoms with Crippen molar-refractivity contribution >= 4 is 67.1 Å². The summed E-state index contributed by atoms with van der Waals surface area (Å²) < 4.78 is 27.8. The van der Waals surface area contributed by atoms with Crippen LogP contribution in [0.25, 0.3) is 0 Å². The van der Waals surface area contributed by atoms with Crippen molar-refractivity contribution in [3.05, 3.63) is 50.8 Å². The van der Waals surface area contributed by atoms with Gasteiger partial charge in [0.1, 0.15) is 9.88 Å². The fourth-order valence-electron chi connectivity index (χ4n) is 1.46. The molecule has 2 rings (SSSR count). The molecule has 0 bridgehead atoms. The summed E-state index contributed by atoms with van der Waals surface area (Å²) in [4.78, 5) is 4.00. The number of hydrogen-bond donors (Lipinski definition) is 2. The number of nitrogens with two attached hydrogens (primary N) is 1. The van der Waals surface area contributed by atoms with Crippen LogP contribution in [0, 0.1) is 3.57 Å². The molecule has 0 spiro atoms. The Bertz CT molecular complexity index is 795. The monoisotopic (exact) mass is 453 g/mol. The lowest BCUT2D eigenvalue weighted by Gasteiger charge is -2.10. The number of hydrogen-bond acceptors (Lipinski definition) is 4. The zero-order valence-corrected chi connectivity index (χ0v) is 14.9. The smallest absolute Gasteiger partial charge is 0.263 e. The third-order valence-corrected chi connectivity index (χ3v) is 5.02. The predicted octanol–water partition coefficient (Wildman–Crippen LogP) is 2.77. The van der Waals surface area contributed by atoms with E-state index in [4.69, 9.17) is 29.6 Å². The van der Waals surface area contributed by atoms with Gasteiger partial charge < -0.3 is 5.73 Å². The molecule has 0 amide bonds. The van der Waals surface area contributed by atoms with Crippen molar-refractivity contribution in [1.82, 2.24) is 4.98 Å². The molecular weight excluding hydrogens is 445 g/mol. The SMILES string of the molecule is NC(=S)c1ccc(S(=O)(=O)Nc2ccc(I)cc2Cl)cn1. The van der Waals surface area contributed by atoms with E-state index in [1.165, 1.54) is 18.3 Å². The van der Waals surface area contributed by atoms with Gasteiger partial charge in [0.25, 0.3) is 10.0 Å². The van der Waals surface area contributed by atoms with Crippen LogP contribution < -0.4 is 10.5 Å². The molecule has 21 heavy (non-hydrogen) atoms. The highest BCUT2D eigenvalue weighted by Gasteiger charge is 2.16. The van der Waals surface area contributed by atoms with Crippen molar-refractivity contribution in [3.8, 4) is 0 Å². The van der Waals surface area contributed by atoms with E-state index >= 15 is 0 Å². The van der Waals surface area contributed by atoms with Crippen molar-refractivity contribution in [3.63, 3.8) is 0 Å². The number of anilines is 1. The van der Waals surface area contributed by atoms with Crippen LogP contribution in [0.15, 0.2) is 41.4 Å². The minimum Gasteiger partial charge on any atom is -0.388 e. The molecule has 0 saturated carbocycles. The Morgan fingerprint density at radius 3 is 2.57 bits per heavy atom. The third-order valence-electron chi connectivity index (χ3n) is 2.47. The van der Waals surface area contributed by atoms with Crippen LogP contribution in [0.3, 0.4) is 0 Å². The highest BCUT2D eigenvalue weighted by Crippen LogP contribution is 2.26. The number of nitrogens with one attached hydrogen (secondary N) is 1. The largest absolute Gasteiger partial charge is 0.388 e. The summed E-state index contributed by atoms with van der Waals surface area (Å²) in [5.74, 6) is 0. The summed E-state index contributed by atoms with van der Waals surface area (Å²) in [6, 6.07) is 7.84. The Morgan fingerprint density at radius 1 is 1.33 bits per heavy atom. The summed E-state index contributed by atoms with van der Waals surface area (Å²) in [6.07, 6.45) is 1.19. The molecule has 5 nitrogen and oxygen atoms in total. The number of thiocarbonyl (C=S) groups is 1. The lowest BCUT2D eigenvalue weighted by Crippen LogP contribution is -2.15. The van der Waals surface area contributed by atoms with Crippen LogP contribution in [-0.2, 0) is 10.0 Å². The highest BCUT2D eigenvalue weighted by molar-refractivity contribution is 14.1. The molecule has 0 atom stereocenters. The summed E-state index contributed by atoms with van der Waals surface area (Å²) in [6.45, 7) is 0. The summed E-state index contributed by atoms with van der Waals surface area (Å²) in [7, 11) is -3.77. The van der Waals surface area contributed by atoms with E-state index in [0.717, 1.165) is 3.57 Å². The molecule has 0 fully saturated rings. The van der Waals surface area contributed by atoms with Crippen molar-refractivity contribution in [2.24, 2.45) is 5.73 Å². The maximum absolute atomic E-state index is 12.2. The second-order valence-electron chi connectivity index (χ2n) is 3.97. The van der Waals surface area contributed by atoms with Gasteiger partial charge in [-0.2, -0.15) is 0 Å². The summed E-state index contributed by atoms with van der Waals surface area (Å²) >= 11 is 12.9. The van der Waals surface area contributed by atoms with Crippen LogP contribution in [0.2, 0.25) is 5.02 Å². The molecule has 0 radical (unpaired) electrons. The second-order valence-corrected chi connectivity index (χ2v) is 7.75. The quantitative estimate of drug-likeness (QED) is 0.549. The van der Waals surface area contributed by atoms with Gasteiger partial charge in [-0.25, -0.2) is 8.42 Å². The predicted molar refractivity (Wildman–Crippen MR) is 95.1 cm³/mol. The van der Waals surface area contributed by atoms with Gasteiger partial charge in [0.05, 0.1) is 16.4 Å². The zero-order valence-electron chi connectivity index (χ0n) is 10.4. The van der Waals surface area contributed by atoms with Crippen LogP contribution in [0.1, 0.15) is 5.69 Å². The van der Waals surface area contributed by atoms with E-state index in [2.05, 4.69) is 32.3 Å². The first-order chi connectivity index (χ1) is 9.79. The first kappa shape index (κ1) is 16.4. The molecule has 0 aliphatic rings. The number of pyridine rings is 1. The number of halogens is 2. The van der Waals surface area contributed by atoms with E-state index < -0.39 is 10.0 Å².